The summed E-state index contributed by atoms with van der Waals surface area (Å²) in [5.74, 6) is -0.147. The Labute approximate surface area is 157 Å². The lowest BCUT2D eigenvalue weighted by molar-refractivity contribution is -0.384. The summed E-state index contributed by atoms with van der Waals surface area (Å²) in [5, 5.41) is 14.4. The number of hydrogen-bond acceptors (Lipinski definition) is 6. The maximum Gasteiger partial charge on any atom is 0.271 e. The number of nitro groups is 1. The van der Waals surface area contributed by atoms with Crippen molar-refractivity contribution in [3.8, 4) is 5.75 Å². The van der Waals surface area contributed by atoms with Gasteiger partial charge in [0.15, 0.2) is 6.61 Å². The number of benzene rings is 1. The Hall–Kier alpha value is -2.68. The molecule has 0 unspecified atom stereocenters. The van der Waals surface area contributed by atoms with Gasteiger partial charge in [0.2, 0.25) is 5.91 Å². The zero-order valence-electron chi connectivity index (χ0n) is 15.3. The number of ether oxygens (including phenoxy) is 1. The molecule has 3 rings (SSSR count). The fourth-order valence-corrected chi connectivity index (χ4v) is 3.57. The van der Waals surface area contributed by atoms with Crippen molar-refractivity contribution < 1.29 is 19.2 Å². The molecule has 1 aromatic rings. The van der Waals surface area contributed by atoms with E-state index in [-0.39, 0.29) is 42.4 Å². The van der Waals surface area contributed by atoms with E-state index in [0.717, 1.165) is 32.4 Å². The van der Waals surface area contributed by atoms with Crippen LogP contribution in [0.5, 0.6) is 5.75 Å². The number of fused-ring (bicyclic) bond motifs is 1. The topological polar surface area (TPSA) is 105 Å². The summed E-state index contributed by atoms with van der Waals surface area (Å²) in [6.45, 7) is 4.05. The van der Waals surface area contributed by atoms with Crippen molar-refractivity contribution >= 4 is 23.2 Å². The molecular weight excluding hydrogens is 352 g/mol. The number of nitrogens with one attached hydrogen (secondary N) is 1. The predicted octanol–water partition coefficient (Wildman–Crippen LogP) is 1.31. The molecule has 9 heteroatoms. The third kappa shape index (κ3) is 4.19. The maximum absolute atomic E-state index is 13.0. The lowest BCUT2D eigenvalue weighted by Gasteiger charge is -2.36. The van der Waals surface area contributed by atoms with E-state index < -0.39 is 4.92 Å². The summed E-state index contributed by atoms with van der Waals surface area (Å²) >= 11 is 0. The van der Waals surface area contributed by atoms with Gasteiger partial charge in [0.1, 0.15) is 12.3 Å². The summed E-state index contributed by atoms with van der Waals surface area (Å²) in [6, 6.07) is 4.23. The summed E-state index contributed by atoms with van der Waals surface area (Å²) in [6.07, 6.45) is 2.59. The van der Waals surface area contributed by atoms with Crippen molar-refractivity contribution in [1.82, 2.24) is 10.2 Å². The molecular formula is C18H24N4O5. The van der Waals surface area contributed by atoms with Gasteiger partial charge in [-0.05, 0) is 38.4 Å². The first kappa shape index (κ1) is 19.1. The Balaban J connectivity index is 1.82. The van der Waals surface area contributed by atoms with Crippen LogP contribution in [-0.2, 0) is 9.59 Å². The molecule has 2 aliphatic rings. The number of amides is 2. The lowest BCUT2D eigenvalue weighted by Crippen LogP contribution is -2.51. The molecule has 146 valence electrons. The molecule has 2 aliphatic heterocycles. The summed E-state index contributed by atoms with van der Waals surface area (Å²) in [7, 11) is 0. The van der Waals surface area contributed by atoms with Crippen LogP contribution in [0.15, 0.2) is 18.2 Å². The number of hydrogen-bond donors (Lipinski definition) is 1. The van der Waals surface area contributed by atoms with Gasteiger partial charge in [-0.25, -0.2) is 0 Å². The first-order valence-corrected chi connectivity index (χ1v) is 9.23. The van der Waals surface area contributed by atoms with E-state index in [4.69, 9.17) is 4.74 Å². The third-order valence-electron chi connectivity index (χ3n) is 4.92. The molecule has 27 heavy (non-hydrogen) atoms. The highest BCUT2D eigenvalue weighted by Crippen LogP contribution is 2.35. The predicted molar refractivity (Wildman–Crippen MR) is 98.8 cm³/mol. The molecule has 1 saturated heterocycles. The molecule has 9 nitrogen and oxygen atoms in total. The van der Waals surface area contributed by atoms with Gasteiger partial charge in [-0.3, -0.25) is 24.6 Å². The van der Waals surface area contributed by atoms with E-state index in [0.29, 0.717) is 12.3 Å². The van der Waals surface area contributed by atoms with Gasteiger partial charge < -0.3 is 15.0 Å². The molecule has 0 aromatic heterocycles. The Morgan fingerprint density at radius 2 is 2.15 bits per heavy atom. The Morgan fingerprint density at radius 1 is 1.41 bits per heavy atom. The molecule has 0 bridgehead atoms. The normalized spacial score (nSPS) is 17.2. The van der Waals surface area contributed by atoms with Gasteiger partial charge in [0, 0.05) is 24.7 Å². The Kier molecular flexibility index (Phi) is 5.90. The van der Waals surface area contributed by atoms with Gasteiger partial charge in [0.05, 0.1) is 10.6 Å². The van der Waals surface area contributed by atoms with Gasteiger partial charge in [0.25, 0.3) is 11.6 Å². The highest BCUT2D eigenvalue weighted by atomic mass is 16.6. The van der Waals surface area contributed by atoms with Crippen LogP contribution in [0.1, 0.15) is 26.2 Å². The van der Waals surface area contributed by atoms with Crippen molar-refractivity contribution in [3.63, 3.8) is 0 Å². The van der Waals surface area contributed by atoms with Crippen LogP contribution in [0.4, 0.5) is 11.4 Å². The second-order valence-corrected chi connectivity index (χ2v) is 6.75. The molecule has 0 radical (unpaired) electrons. The molecule has 0 atom stereocenters. The van der Waals surface area contributed by atoms with Gasteiger partial charge in [-0.1, -0.05) is 6.92 Å². The largest absolute Gasteiger partial charge is 0.482 e. The first-order chi connectivity index (χ1) is 13.0. The fourth-order valence-electron chi connectivity index (χ4n) is 3.57. The number of non-ortho nitro benzene ring substituents is 1. The summed E-state index contributed by atoms with van der Waals surface area (Å²) < 4.78 is 5.36. The molecule has 1 aromatic carbocycles. The monoisotopic (exact) mass is 376 g/mol. The fraction of sp³-hybridized carbons (Fsp3) is 0.556. The molecule has 1 fully saturated rings. The zero-order valence-corrected chi connectivity index (χ0v) is 15.3. The van der Waals surface area contributed by atoms with Crippen LogP contribution in [0.2, 0.25) is 0 Å². The summed E-state index contributed by atoms with van der Waals surface area (Å²) in [5.41, 5.74) is 0.129. The number of carbonyl (C=O) groups excluding carboxylic acids is 2. The highest BCUT2D eigenvalue weighted by molar-refractivity contribution is 6.02. The van der Waals surface area contributed by atoms with E-state index in [1.165, 1.54) is 23.1 Å². The molecule has 0 aliphatic carbocycles. The van der Waals surface area contributed by atoms with E-state index in [1.807, 2.05) is 11.8 Å². The Morgan fingerprint density at radius 3 is 2.81 bits per heavy atom. The van der Waals surface area contributed by atoms with E-state index in [9.17, 15) is 19.7 Å². The first-order valence-electron chi connectivity index (χ1n) is 9.23. The van der Waals surface area contributed by atoms with Crippen molar-refractivity contribution in [2.45, 2.75) is 32.2 Å². The summed E-state index contributed by atoms with van der Waals surface area (Å²) in [4.78, 5) is 39.1. The number of nitrogens with zero attached hydrogens (tertiary/aromatic N) is 3. The van der Waals surface area contributed by atoms with Crippen molar-refractivity contribution in [3.05, 3.63) is 28.3 Å². The molecule has 2 heterocycles. The molecule has 2 amide bonds. The quantitative estimate of drug-likeness (QED) is 0.593. The smallest absolute Gasteiger partial charge is 0.271 e. The second-order valence-electron chi connectivity index (χ2n) is 6.75. The van der Waals surface area contributed by atoms with Gasteiger partial charge >= 0.3 is 0 Å². The SMILES string of the molecule is CCCN(C(=O)CN1C(=O)COc2ccc([N+](=O)[O-])cc21)C1CCNCC1. The number of nitro benzene ring substituents is 1. The van der Waals surface area contributed by atoms with E-state index in [1.54, 1.807) is 0 Å². The number of piperidine rings is 1. The average Bonchev–Trinajstić information content (AvgIpc) is 2.68. The van der Waals surface area contributed by atoms with Crippen molar-refractivity contribution in [2.75, 3.05) is 37.7 Å². The number of rotatable bonds is 6. The zero-order chi connectivity index (χ0) is 19.4. The van der Waals surface area contributed by atoms with E-state index >= 15 is 0 Å². The van der Waals surface area contributed by atoms with E-state index in [2.05, 4.69) is 5.32 Å². The van der Waals surface area contributed by atoms with Crippen LogP contribution in [0, 0.1) is 10.1 Å². The van der Waals surface area contributed by atoms with Crippen LogP contribution in [0.3, 0.4) is 0 Å². The van der Waals surface area contributed by atoms with Crippen LogP contribution in [0.25, 0.3) is 0 Å². The van der Waals surface area contributed by atoms with Crippen LogP contribution < -0.4 is 15.0 Å². The average molecular weight is 376 g/mol. The van der Waals surface area contributed by atoms with Crippen molar-refractivity contribution in [1.29, 1.82) is 0 Å². The number of anilines is 1. The second kappa shape index (κ2) is 8.34. The lowest BCUT2D eigenvalue weighted by atomic mass is 10.0. The minimum absolute atomic E-state index is 0.139. The Bertz CT molecular complexity index is 732. The standard InChI is InChI=1S/C18H24N4O5/c1-2-9-20(13-5-7-19-8-6-13)17(23)11-21-15-10-14(22(25)26)3-4-16(15)27-12-18(21)24/h3-4,10,13,19H,2,5-9,11-12H2,1H3. The minimum atomic E-state index is -0.530. The number of carbonyl (C=O) groups is 2. The molecule has 0 spiro atoms. The van der Waals surface area contributed by atoms with Crippen LogP contribution in [-0.4, -0.2) is 60.5 Å². The third-order valence-corrected chi connectivity index (χ3v) is 4.92. The highest BCUT2D eigenvalue weighted by Gasteiger charge is 2.32. The van der Waals surface area contributed by atoms with Crippen molar-refractivity contribution in [2.24, 2.45) is 0 Å². The molecule has 1 N–H and O–H groups in total. The maximum atomic E-state index is 13.0. The molecule has 0 saturated carbocycles. The van der Waals surface area contributed by atoms with Gasteiger partial charge in [-0.2, -0.15) is 0 Å². The minimum Gasteiger partial charge on any atom is -0.482 e. The van der Waals surface area contributed by atoms with Crippen LogP contribution >= 0.6 is 0 Å². The van der Waals surface area contributed by atoms with Gasteiger partial charge in [-0.15, -0.1) is 0 Å².